The van der Waals surface area contributed by atoms with Crippen molar-refractivity contribution < 1.29 is 9.53 Å². The van der Waals surface area contributed by atoms with Crippen LogP contribution >= 0.6 is 0 Å². The van der Waals surface area contributed by atoms with Crippen LogP contribution in [0.4, 0.5) is 0 Å². The third-order valence-electron chi connectivity index (χ3n) is 3.25. The fraction of sp³-hybridized carbons (Fsp3) is 0.900. The predicted molar refractivity (Wildman–Crippen MR) is 49.3 cm³/mol. The van der Waals surface area contributed by atoms with E-state index in [2.05, 4.69) is 5.32 Å². The highest BCUT2D eigenvalue weighted by Gasteiger charge is 2.34. The molecule has 3 heteroatoms. The van der Waals surface area contributed by atoms with Gasteiger partial charge >= 0.3 is 5.97 Å². The van der Waals surface area contributed by atoms with E-state index in [0.717, 1.165) is 12.8 Å². The fourth-order valence-electron chi connectivity index (χ4n) is 2.62. The normalized spacial score (nSPS) is 38.4. The Morgan fingerprint density at radius 3 is 2.46 bits per heavy atom. The predicted octanol–water partition coefficient (Wildman–Crippen LogP) is 1.08. The van der Waals surface area contributed by atoms with Crippen LogP contribution in [0.1, 0.15) is 32.1 Å². The molecule has 3 atom stereocenters. The van der Waals surface area contributed by atoms with Crippen LogP contribution in [0, 0.1) is 5.92 Å². The average molecular weight is 183 g/mol. The Balaban J connectivity index is 1.97. The monoisotopic (exact) mass is 183 g/mol. The van der Waals surface area contributed by atoms with Gasteiger partial charge in [-0.25, -0.2) is 0 Å². The van der Waals surface area contributed by atoms with Gasteiger partial charge in [0.05, 0.1) is 13.0 Å². The van der Waals surface area contributed by atoms with Gasteiger partial charge in [-0.15, -0.1) is 0 Å². The number of hydrogen-bond donors (Lipinski definition) is 1. The van der Waals surface area contributed by atoms with Crippen LogP contribution in [-0.4, -0.2) is 25.2 Å². The van der Waals surface area contributed by atoms with Gasteiger partial charge in [-0.1, -0.05) is 6.42 Å². The summed E-state index contributed by atoms with van der Waals surface area (Å²) in [6.45, 7) is 0. The first kappa shape index (κ1) is 9.00. The van der Waals surface area contributed by atoms with Crippen LogP contribution in [0.25, 0.3) is 0 Å². The molecule has 0 aliphatic carbocycles. The van der Waals surface area contributed by atoms with Crippen LogP contribution in [0.3, 0.4) is 0 Å². The summed E-state index contributed by atoms with van der Waals surface area (Å²) in [5.74, 6) is 0.139. The molecule has 2 bridgehead atoms. The fourth-order valence-corrected chi connectivity index (χ4v) is 2.62. The minimum Gasteiger partial charge on any atom is -0.469 e. The summed E-state index contributed by atoms with van der Waals surface area (Å²) >= 11 is 0. The third-order valence-corrected chi connectivity index (χ3v) is 3.25. The van der Waals surface area contributed by atoms with Crippen molar-refractivity contribution in [1.29, 1.82) is 0 Å². The minimum atomic E-state index is -0.0154. The average Bonchev–Trinajstić information content (AvgIpc) is 2.16. The number of rotatable bonds is 1. The maximum absolute atomic E-state index is 11.3. The Labute approximate surface area is 78.8 Å². The molecule has 0 aromatic rings. The zero-order valence-electron chi connectivity index (χ0n) is 8.08. The van der Waals surface area contributed by atoms with E-state index in [-0.39, 0.29) is 11.9 Å². The van der Waals surface area contributed by atoms with Gasteiger partial charge in [-0.2, -0.15) is 0 Å². The minimum absolute atomic E-state index is 0.0154. The highest BCUT2D eigenvalue weighted by atomic mass is 16.5. The zero-order chi connectivity index (χ0) is 9.26. The summed E-state index contributed by atoms with van der Waals surface area (Å²) in [6.07, 6.45) is 5.72. The van der Waals surface area contributed by atoms with Crippen LogP contribution in [0.15, 0.2) is 0 Å². The van der Waals surface area contributed by atoms with Crippen molar-refractivity contribution in [2.24, 2.45) is 5.92 Å². The Bertz CT molecular complexity index is 193. The van der Waals surface area contributed by atoms with Gasteiger partial charge in [-0.05, 0) is 25.7 Å². The third kappa shape index (κ3) is 1.85. The summed E-state index contributed by atoms with van der Waals surface area (Å²) in [4.78, 5) is 11.3. The molecule has 0 radical (unpaired) electrons. The van der Waals surface area contributed by atoms with Crippen LogP contribution in [0.5, 0.6) is 0 Å². The second kappa shape index (κ2) is 3.66. The highest BCUT2D eigenvalue weighted by Crippen LogP contribution is 2.30. The van der Waals surface area contributed by atoms with E-state index in [9.17, 15) is 4.79 Å². The molecule has 0 spiro atoms. The molecular weight excluding hydrogens is 166 g/mol. The van der Waals surface area contributed by atoms with Crippen molar-refractivity contribution in [2.75, 3.05) is 7.11 Å². The number of esters is 1. The number of hydrogen-bond acceptors (Lipinski definition) is 3. The molecule has 2 heterocycles. The summed E-state index contributed by atoms with van der Waals surface area (Å²) in [6, 6.07) is 1.13. The van der Waals surface area contributed by atoms with Crippen molar-refractivity contribution in [3.63, 3.8) is 0 Å². The van der Waals surface area contributed by atoms with Crippen LogP contribution in [0.2, 0.25) is 0 Å². The summed E-state index contributed by atoms with van der Waals surface area (Å²) in [5.41, 5.74) is 0. The highest BCUT2D eigenvalue weighted by molar-refractivity contribution is 5.72. The van der Waals surface area contributed by atoms with Gasteiger partial charge in [0, 0.05) is 12.1 Å². The lowest BCUT2D eigenvalue weighted by Crippen LogP contribution is -2.50. The molecule has 2 fully saturated rings. The van der Waals surface area contributed by atoms with E-state index >= 15 is 0 Å². The molecule has 74 valence electrons. The Morgan fingerprint density at radius 1 is 1.31 bits per heavy atom. The first-order valence-electron chi connectivity index (χ1n) is 5.13. The van der Waals surface area contributed by atoms with Gasteiger partial charge in [0.2, 0.25) is 0 Å². The molecule has 13 heavy (non-hydrogen) atoms. The van der Waals surface area contributed by atoms with Crippen molar-refractivity contribution >= 4 is 5.97 Å². The van der Waals surface area contributed by atoms with E-state index < -0.39 is 0 Å². The summed E-state index contributed by atoms with van der Waals surface area (Å²) in [5, 5.41) is 3.55. The number of nitrogens with one attached hydrogen (secondary N) is 1. The van der Waals surface area contributed by atoms with E-state index in [4.69, 9.17) is 4.74 Å². The zero-order valence-corrected chi connectivity index (χ0v) is 8.08. The Morgan fingerprint density at radius 2 is 1.92 bits per heavy atom. The van der Waals surface area contributed by atoms with Gasteiger partial charge in [0.15, 0.2) is 0 Å². The lowest BCUT2D eigenvalue weighted by atomic mass is 9.80. The molecule has 0 aromatic heterocycles. The van der Waals surface area contributed by atoms with Gasteiger partial charge in [0.25, 0.3) is 0 Å². The lowest BCUT2D eigenvalue weighted by Gasteiger charge is -2.39. The van der Waals surface area contributed by atoms with Gasteiger partial charge < -0.3 is 10.1 Å². The van der Waals surface area contributed by atoms with Crippen molar-refractivity contribution in [2.45, 2.75) is 44.2 Å². The number of piperidine rings is 2. The van der Waals surface area contributed by atoms with E-state index in [1.165, 1.54) is 26.4 Å². The van der Waals surface area contributed by atoms with Crippen molar-refractivity contribution in [1.82, 2.24) is 5.32 Å². The van der Waals surface area contributed by atoms with Crippen LogP contribution in [-0.2, 0) is 9.53 Å². The molecule has 0 amide bonds. The van der Waals surface area contributed by atoms with Crippen LogP contribution < -0.4 is 5.32 Å². The Hall–Kier alpha value is -0.570. The Kier molecular flexibility index (Phi) is 2.54. The molecule has 2 aliphatic rings. The largest absolute Gasteiger partial charge is 0.469 e. The second-order valence-electron chi connectivity index (χ2n) is 4.18. The van der Waals surface area contributed by atoms with Gasteiger partial charge in [0.1, 0.15) is 0 Å². The smallest absolute Gasteiger partial charge is 0.308 e. The quantitative estimate of drug-likeness (QED) is 0.618. The first-order chi connectivity index (χ1) is 6.29. The molecule has 2 unspecified atom stereocenters. The van der Waals surface area contributed by atoms with Crippen molar-refractivity contribution in [3.8, 4) is 0 Å². The van der Waals surface area contributed by atoms with Crippen molar-refractivity contribution in [3.05, 3.63) is 0 Å². The maximum atomic E-state index is 11.3. The molecule has 3 nitrogen and oxygen atoms in total. The molecular formula is C10H17NO2. The maximum Gasteiger partial charge on any atom is 0.308 e. The lowest BCUT2D eigenvalue weighted by molar-refractivity contribution is -0.147. The first-order valence-corrected chi connectivity index (χ1v) is 5.13. The number of carbonyl (C=O) groups is 1. The molecule has 2 rings (SSSR count). The summed E-state index contributed by atoms with van der Waals surface area (Å²) < 4.78 is 4.79. The molecule has 1 N–H and O–H groups in total. The van der Waals surface area contributed by atoms with E-state index in [1.54, 1.807) is 0 Å². The molecule has 2 saturated heterocycles. The number of ether oxygens (including phenoxy) is 1. The summed E-state index contributed by atoms with van der Waals surface area (Å²) in [7, 11) is 1.49. The SMILES string of the molecule is COC(=O)C1CC2CCC[C@@H](C1)N2. The molecule has 2 aliphatic heterocycles. The molecule has 0 saturated carbocycles. The topological polar surface area (TPSA) is 38.3 Å². The van der Waals surface area contributed by atoms with E-state index in [0.29, 0.717) is 12.1 Å². The number of fused-ring (bicyclic) bond motifs is 2. The molecule has 0 aromatic carbocycles. The second-order valence-corrected chi connectivity index (χ2v) is 4.18. The number of carbonyl (C=O) groups excluding carboxylic acids is 1. The van der Waals surface area contributed by atoms with Gasteiger partial charge in [-0.3, -0.25) is 4.79 Å². The standard InChI is InChI=1S/C10H17NO2/c1-13-10(12)7-5-8-3-2-4-9(6-7)11-8/h7-9,11H,2-6H2,1H3/t7?,8-,9?/m0/s1. The van der Waals surface area contributed by atoms with E-state index in [1.807, 2.05) is 0 Å². The number of methoxy groups -OCH3 is 1.